The SMILES string of the molecule is CCOCCCN=Cc1cc(Br)c(OCc2ccc(C)cc2)c(Br)c1. The average molecular weight is 469 g/mol. The zero-order valence-electron chi connectivity index (χ0n) is 14.6. The van der Waals surface area contributed by atoms with E-state index in [9.17, 15) is 0 Å². The van der Waals surface area contributed by atoms with Gasteiger partial charge < -0.3 is 9.47 Å². The summed E-state index contributed by atoms with van der Waals surface area (Å²) in [6.07, 6.45) is 2.82. The van der Waals surface area contributed by atoms with Gasteiger partial charge in [0.1, 0.15) is 12.4 Å². The molecule has 0 bridgehead atoms. The molecule has 0 heterocycles. The van der Waals surface area contributed by atoms with E-state index in [0.29, 0.717) is 6.61 Å². The van der Waals surface area contributed by atoms with E-state index in [-0.39, 0.29) is 0 Å². The second-order valence-corrected chi connectivity index (χ2v) is 7.38. The molecule has 0 radical (unpaired) electrons. The van der Waals surface area contributed by atoms with E-state index in [0.717, 1.165) is 52.0 Å². The van der Waals surface area contributed by atoms with Gasteiger partial charge in [0.05, 0.1) is 8.95 Å². The predicted molar refractivity (Wildman–Crippen MR) is 111 cm³/mol. The molecule has 25 heavy (non-hydrogen) atoms. The summed E-state index contributed by atoms with van der Waals surface area (Å²) in [6, 6.07) is 12.4. The lowest BCUT2D eigenvalue weighted by Gasteiger charge is -2.11. The van der Waals surface area contributed by atoms with E-state index in [1.807, 2.05) is 25.3 Å². The third-order valence-corrected chi connectivity index (χ3v) is 4.72. The molecule has 0 atom stereocenters. The summed E-state index contributed by atoms with van der Waals surface area (Å²) in [7, 11) is 0. The number of halogens is 2. The Morgan fingerprint density at radius 3 is 2.40 bits per heavy atom. The number of hydrogen-bond acceptors (Lipinski definition) is 3. The highest BCUT2D eigenvalue weighted by molar-refractivity contribution is 9.11. The van der Waals surface area contributed by atoms with Crippen LogP contribution in [0.3, 0.4) is 0 Å². The summed E-state index contributed by atoms with van der Waals surface area (Å²) in [5.41, 5.74) is 3.41. The van der Waals surface area contributed by atoms with Gasteiger partial charge in [0.2, 0.25) is 0 Å². The molecule has 0 spiro atoms. The molecule has 0 saturated carbocycles. The van der Waals surface area contributed by atoms with Crippen molar-refractivity contribution in [2.75, 3.05) is 19.8 Å². The first-order valence-electron chi connectivity index (χ1n) is 8.35. The Bertz CT molecular complexity index is 676. The van der Waals surface area contributed by atoms with Crippen molar-refractivity contribution < 1.29 is 9.47 Å². The van der Waals surface area contributed by atoms with Gasteiger partial charge in [-0.2, -0.15) is 0 Å². The molecule has 2 aromatic rings. The minimum Gasteiger partial charge on any atom is -0.487 e. The molecule has 0 aliphatic rings. The number of aliphatic imine (C=N–C) groups is 1. The summed E-state index contributed by atoms with van der Waals surface area (Å²) in [5, 5.41) is 0. The summed E-state index contributed by atoms with van der Waals surface area (Å²) < 4.78 is 13.1. The van der Waals surface area contributed by atoms with Crippen LogP contribution in [0.2, 0.25) is 0 Å². The van der Waals surface area contributed by atoms with Crippen molar-refractivity contribution in [3.63, 3.8) is 0 Å². The number of hydrogen-bond donors (Lipinski definition) is 0. The second kappa shape index (κ2) is 10.7. The molecule has 3 nitrogen and oxygen atoms in total. The van der Waals surface area contributed by atoms with Gasteiger partial charge in [0, 0.05) is 26.0 Å². The minimum atomic E-state index is 0.530. The van der Waals surface area contributed by atoms with Gasteiger partial charge in [0.25, 0.3) is 0 Å². The van der Waals surface area contributed by atoms with Gasteiger partial charge >= 0.3 is 0 Å². The Morgan fingerprint density at radius 1 is 1.08 bits per heavy atom. The van der Waals surface area contributed by atoms with E-state index in [2.05, 4.69) is 68.0 Å². The maximum Gasteiger partial charge on any atom is 0.148 e. The zero-order chi connectivity index (χ0) is 18.1. The molecule has 0 saturated heterocycles. The Hall–Kier alpha value is -1.17. The van der Waals surface area contributed by atoms with E-state index < -0.39 is 0 Å². The fourth-order valence-corrected chi connectivity index (χ4v) is 3.65. The van der Waals surface area contributed by atoms with Crippen LogP contribution in [0, 0.1) is 6.92 Å². The molecule has 2 rings (SSSR count). The summed E-state index contributed by atoms with van der Waals surface area (Å²) in [4.78, 5) is 4.44. The fraction of sp³-hybridized carbons (Fsp3) is 0.350. The zero-order valence-corrected chi connectivity index (χ0v) is 17.8. The molecule has 0 aliphatic heterocycles. The third-order valence-electron chi connectivity index (χ3n) is 3.54. The standard InChI is InChI=1S/C20H23Br2NO2/c1-3-24-10-4-9-23-13-17-11-18(21)20(19(22)12-17)25-14-16-7-5-15(2)6-8-16/h5-8,11-13H,3-4,9-10,14H2,1-2H3. The second-order valence-electron chi connectivity index (χ2n) is 5.67. The average Bonchev–Trinajstić information content (AvgIpc) is 2.59. The monoisotopic (exact) mass is 467 g/mol. The van der Waals surface area contributed by atoms with E-state index in [1.54, 1.807) is 0 Å². The molecule has 0 aliphatic carbocycles. The van der Waals surface area contributed by atoms with E-state index >= 15 is 0 Å². The van der Waals surface area contributed by atoms with Crippen LogP contribution in [0.1, 0.15) is 30.0 Å². The highest BCUT2D eigenvalue weighted by atomic mass is 79.9. The van der Waals surface area contributed by atoms with Crippen molar-refractivity contribution in [1.29, 1.82) is 0 Å². The molecule has 134 valence electrons. The quantitative estimate of drug-likeness (QED) is 0.336. The van der Waals surface area contributed by atoms with Crippen molar-refractivity contribution >= 4 is 38.1 Å². The van der Waals surface area contributed by atoms with Gasteiger partial charge in [-0.1, -0.05) is 29.8 Å². The molecule has 0 amide bonds. The lowest BCUT2D eigenvalue weighted by Crippen LogP contribution is -1.98. The van der Waals surface area contributed by atoms with Crippen molar-refractivity contribution in [3.05, 3.63) is 62.0 Å². The van der Waals surface area contributed by atoms with Crippen molar-refractivity contribution in [3.8, 4) is 5.75 Å². The maximum absolute atomic E-state index is 5.96. The van der Waals surface area contributed by atoms with Gasteiger partial charge in [-0.05, 0) is 75.4 Å². The van der Waals surface area contributed by atoms with Crippen LogP contribution in [0.5, 0.6) is 5.75 Å². The third kappa shape index (κ3) is 6.92. The van der Waals surface area contributed by atoms with Crippen LogP contribution in [0.15, 0.2) is 50.3 Å². The molecule has 0 fully saturated rings. The number of ether oxygens (including phenoxy) is 2. The Kier molecular flexibility index (Phi) is 8.65. The Balaban J connectivity index is 1.94. The lowest BCUT2D eigenvalue weighted by atomic mass is 10.2. The van der Waals surface area contributed by atoms with Crippen LogP contribution < -0.4 is 4.74 Å². The lowest BCUT2D eigenvalue weighted by molar-refractivity contribution is 0.146. The van der Waals surface area contributed by atoms with Gasteiger partial charge in [-0.3, -0.25) is 4.99 Å². The normalized spacial score (nSPS) is 11.2. The number of nitrogens with zero attached hydrogens (tertiary/aromatic N) is 1. The molecule has 5 heteroatoms. The minimum absolute atomic E-state index is 0.530. The van der Waals surface area contributed by atoms with E-state index in [4.69, 9.17) is 9.47 Å². The van der Waals surface area contributed by atoms with Crippen LogP contribution >= 0.6 is 31.9 Å². The summed E-state index contributed by atoms with van der Waals surface area (Å²) in [6.45, 7) is 6.89. The molecular weight excluding hydrogens is 446 g/mol. The van der Waals surface area contributed by atoms with Crippen LogP contribution in [-0.4, -0.2) is 26.0 Å². The topological polar surface area (TPSA) is 30.8 Å². The highest BCUT2D eigenvalue weighted by Crippen LogP contribution is 2.35. The van der Waals surface area contributed by atoms with Gasteiger partial charge in [-0.25, -0.2) is 0 Å². The van der Waals surface area contributed by atoms with Gasteiger partial charge in [-0.15, -0.1) is 0 Å². The number of benzene rings is 2. The van der Waals surface area contributed by atoms with Crippen LogP contribution in [0.4, 0.5) is 0 Å². The molecule has 0 N–H and O–H groups in total. The molecular formula is C20H23Br2NO2. The predicted octanol–water partition coefficient (Wildman–Crippen LogP) is 5.94. The van der Waals surface area contributed by atoms with E-state index in [1.165, 1.54) is 5.56 Å². The van der Waals surface area contributed by atoms with Crippen molar-refractivity contribution in [1.82, 2.24) is 0 Å². The molecule has 2 aromatic carbocycles. The Labute approximate surface area is 166 Å². The molecule has 0 aromatic heterocycles. The first kappa shape index (κ1) is 20.1. The highest BCUT2D eigenvalue weighted by Gasteiger charge is 2.09. The summed E-state index contributed by atoms with van der Waals surface area (Å²) >= 11 is 7.18. The van der Waals surface area contributed by atoms with Crippen LogP contribution in [0.25, 0.3) is 0 Å². The molecule has 0 unspecified atom stereocenters. The largest absolute Gasteiger partial charge is 0.487 e. The first-order valence-corrected chi connectivity index (χ1v) is 9.93. The van der Waals surface area contributed by atoms with Crippen molar-refractivity contribution in [2.24, 2.45) is 4.99 Å². The van der Waals surface area contributed by atoms with Crippen LogP contribution in [-0.2, 0) is 11.3 Å². The number of rotatable bonds is 9. The first-order chi connectivity index (χ1) is 12.1. The smallest absolute Gasteiger partial charge is 0.148 e. The van der Waals surface area contributed by atoms with Crippen molar-refractivity contribution in [2.45, 2.75) is 26.9 Å². The maximum atomic E-state index is 5.96. The Morgan fingerprint density at radius 2 is 1.76 bits per heavy atom. The van der Waals surface area contributed by atoms with Gasteiger partial charge in [0.15, 0.2) is 0 Å². The fourth-order valence-electron chi connectivity index (χ4n) is 2.20. The summed E-state index contributed by atoms with van der Waals surface area (Å²) in [5.74, 6) is 0.800. The number of aryl methyl sites for hydroxylation is 1.